The number of fused-ring (bicyclic) bond motifs is 1. The molecule has 6 nitrogen and oxygen atoms in total. The maximum absolute atomic E-state index is 12.2. The fourth-order valence-electron chi connectivity index (χ4n) is 4.47. The fourth-order valence-corrected chi connectivity index (χ4v) is 5.37. The maximum atomic E-state index is 12.2. The Kier molecular flexibility index (Phi) is 6.08. The van der Waals surface area contributed by atoms with E-state index in [0.29, 0.717) is 11.0 Å². The van der Waals surface area contributed by atoms with Crippen LogP contribution in [0.1, 0.15) is 64.0 Å². The van der Waals surface area contributed by atoms with E-state index < -0.39 is 0 Å². The smallest absolute Gasteiger partial charge is 0.275 e. The highest BCUT2D eigenvalue weighted by Gasteiger charge is 2.23. The largest absolute Gasteiger partial charge is 0.357 e. The van der Waals surface area contributed by atoms with Crippen molar-refractivity contribution in [2.75, 3.05) is 25.0 Å². The average Bonchev–Trinajstić information content (AvgIpc) is 3.07. The summed E-state index contributed by atoms with van der Waals surface area (Å²) in [5, 5.41) is 8.83. The zero-order chi connectivity index (χ0) is 18.6. The third-order valence-electron chi connectivity index (χ3n) is 5.96. The van der Waals surface area contributed by atoms with Crippen LogP contribution in [0.25, 0.3) is 4.96 Å². The van der Waals surface area contributed by atoms with Crippen molar-refractivity contribution >= 4 is 21.4 Å². The van der Waals surface area contributed by atoms with Crippen LogP contribution in [0.15, 0.2) is 10.9 Å². The van der Waals surface area contributed by atoms with Gasteiger partial charge in [-0.25, -0.2) is 4.98 Å². The summed E-state index contributed by atoms with van der Waals surface area (Å²) in [4.78, 5) is 20.2. The lowest BCUT2D eigenvalue weighted by atomic mass is 9.88. The van der Waals surface area contributed by atoms with Crippen molar-refractivity contribution in [2.24, 2.45) is 5.92 Å². The third-order valence-corrected chi connectivity index (χ3v) is 6.80. The molecule has 1 aliphatic heterocycles. The van der Waals surface area contributed by atoms with E-state index in [1.165, 1.54) is 54.5 Å². The Bertz CT molecular complexity index is 802. The molecule has 0 radical (unpaired) electrons. The van der Waals surface area contributed by atoms with Gasteiger partial charge in [0.25, 0.3) is 5.56 Å². The van der Waals surface area contributed by atoms with E-state index in [0.717, 1.165) is 55.5 Å². The van der Waals surface area contributed by atoms with E-state index in [9.17, 15) is 4.79 Å². The monoisotopic (exact) mass is 389 g/mol. The summed E-state index contributed by atoms with van der Waals surface area (Å²) in [7, 11) is 0. The van der Waals surface area contributed by atoms with Gasteiger partial charge in [-0.3, -0.25) is 4.79 Å². The molecule has 0 aromatic carbocycles. The molecule has 0 spiro atoms. The summed E-state index contributed by atoms with van der Waals surface area (Å²) in [6, 6.07) is 2.06. The van der Waals surface area contributed by atoms with Crippen molar-refractivity contribution in [3.8, 4) is 0 Å². The lowest BCUT2D eigenvalue weighted by Crippen LogP contribution is -2.41. The number of likely N-dealkylation sites (tertiary alicyclic amines) is 1. The number of piperidine rings is 1. The van der Waals surface area contributed by atoms with Gasteiger partial charge in [0.2, 0.25) is 10.1 Å². The first-order valence-electron chi connectivity index (χ1n) is 10.6. The van der Waals surface area contributed by atoms with Gasteiger partial charge >= 0.3 is 0 Å². The predicted octanol–water partition coefficient (Wildman–Crippen LogP) is 3.56. The molecule has 4 rings (SSSR count). The van der Waals surface area contributed by atoms with Gasteiger partial charge in [0.05, 0.1) is 0 Å². The van der Waals surface area contributed by atoms with Crippen molar-refractivity contribution in [2.45, 2.75) is 70.8 Å². The Morgan fingerprint density at radius 1 is 1.19 bits per heavy atom. The van der Waals surface area contributed by atoms with Crippen molar-refractivity contribution in [1.29, 1.82) is 0 Å². The SMILES string of the molecule is CCCc1cc(=O)n2nc(NC3CCN(CC4CCCCC4)CC3)sc2n1. The summed E-state index contributed by atoms with van der Waals surface area (Å²) in [6.45, 7) is 5.72. The molecule has 2 aromatic rings. The number of nitrogens with one attached hydrogen (secondary N) is 1. The van der Waals surface area contributed by atoms with Gasteiger partial charge in [0.1, 0.15) is 0 Å². The molecule has 0 unspecified atom stereocenters. The van der Waals surface area contributed by atoms with Gasteiger partial charge in [0, 0.05) is 37.4 Å². The van der Waals surface area contributed by atoms with Crippen LogP contribution in [0.3, 0.4) is 0 Å². The Hall–Kier alpha value is -1.47. The van der Waals surface area contributed by atoms with E-state index in [-0.39, 0.29) is 5.56 Å². The molecule has 1 N–H and O–H groups in total. The standard InChI is InChI=1S/C20H31N5OS/c1-2-6-17-13-18(26)25-20(22-17)27-19(23-25)21-16-9-11-24(12-10-16)14-15-7-4-3-5-8-15/h13,15-16H,2-12,14H2,1H3,(H,21,23). The third kappa shape index (κ3) is 4.69. The molecular formula is C20H31N5OS. The minimum atomic E-state index is -0.0740. The van der Waals surface area contributed by atoms with Crippen molar-refractivity contribution in [1.82, 2.24) is 19.5 Å². The van der Waals surface area contributed by atoms with E-state index in [2.05, 4.69) is 27.2 Å². The number of hydrogen-bond acceptors (Lipinski definition) is 6. The van der Waals surface area contributed by atoms with Crippen molar-refractivity contribution < 1.29 is 0 Å². The van der Waals surface area contributed by atoms with Gasteiger partial charge in [0.15, 0.2) is 0 Å². The van der Waals surface area contributed by atoms with Gasteiger partial charge < -0.3 is 10.2 Å². The molecule has 2 fully saturated rings. The molecule has 3 heterocycles. The number of aryl methyl sites for hydroxylation is 1. The molecule has 7 heteroatoms. The molecule has 148 valence electrons. The van der Waals surface area contributed by atoms with Gasteiger partial charge in [-0.05, 0) is 38.0 Å². The summed E-state index contributed by atoms with van der Waals surface area (Å²) in [6.07, 6.45) is 11.2. The molecule has 0 amide bonds. The molecule has 2 aliphatic rings. The molecule has 27 heavy (non-hydrogen) atoms. The van der Waals surface area contributed by atoms with Gasteiger partial charge in [-0.2, -0.15) is 4.52 Å². The Morgan fingerprint density at radius 2 is 1.96 bits per heavy atom. The fraction of sp³-hybridized carbons (Fsp3) is 0.750. The second-order valence-corrected chi connectivity index (χ2v) is 9.12. The van der Waals surface area contributed by atoms with Crippen LogP contribution in [-0.2, 0) is 6.42 Å². The zero-order valence-corrected chi connectivity index (χ0v) is 17.1. The molecule has 1 aliphatic carbocycles. The van der Waals surface area contributed by atoms with Crippen LogP contribution < -0.4 is 10.9 Å². The summed E-state index contributed by atoms with van der Waals surface area (Å²) in [5.74, 6) is 0.919. The normalized spacial score (nSPS) is 20.3. The minimum absolute atomic E-state index is 0.0740. The molecular weight excluding hydrogens is 358 g/mol. The number of nitrogens with zero attached hydrogens (tertiary/aromatic N) is 4. The Labute approximate surface area is 165 Å². The summed E-state index contributed by atoms with van der Waals surface area (Å²) < 4.78 is 1.43. The lowest BCUT2D eigenvalue weighted by molar-refractivity contribution is 0.168. The highest BCUT2D eigenvalue weighted by atomic mass is 32.1. The van der Waals surface area contributed by atoms with E-state index in [1.807, 2.05) is 0 Å². The number of rotatable bonds is 6. The van der Waals surface area contributed by atoms with Crippen LogP contribution in [0.4, 0.5) is 5.13 Å². The first-order chi connectivity index (χ1) is 13.2. The Balaban J connectivity index is 1.33. The highest BCUT2D eigenvalue weighted by Crippen LogP contribution is 2.26. The summed E-state index contributed by atoms with van der Waals surface area (Å²) >= 11 is 1.49. The number of hydrogen-bond donors (Lipinski definition) is 1. The minimum Gasteiger partial charge on any atom is -0.357 e. The molecule has 2 aromatic heterocycles. The van der Waals surface area contributed by atoms with E-state index >= 15 is 0 Å². The first kappa shape index (κ1) is 18.9. The molecule has 0 bridgehead atoms. The van der Waals surface area contributed by atoms with Crippen molar-refractivity contribution in [3.63, 3.8) is 0 Å². The van der Waals surface area contributed by atoms with Crippen molar-refractivity contribution in [3.05, 3.63) is 22.1 Å². The van der Waals surface area contributed by atoms with Crippen LogP contribution in [0.2, 0.25) is 0 Å². The quantitative estimate of drug-likeness (QED) is 0.818. The molecule has 1 saturated heterocycles. The lowest BCUT2D eigenvalue weighted by Gasteiger charge is -2.35. The van der Waals surface area contributed by atoms with E-state index in [1.54, 1.807) is 6.07 Å². The van der Waals surface area contributed by atoms with Crippen LogP contribution in [0, 0.1) is 5.92 Å². The number of anilines is 1. The highest BCUT2D eigenvalue weighted by molar-refractivity contribution is 7.20. The second kappa shape index (κ2) is 8.69. The molecule has 1 saturated carbocycles. The van der Waals surface area contributed by atoms with Crippen LogP contribution in [-0.4, -0.2) is 45.2 Å². The van der Waals surface area contributed by atoms with Gasteiger partial charge in [-0.15, -0.1) is 5.10 Å². The maximum Gasteiger partial charge on any atom is 0.275 e. The van der Waals surface area contributed by atoms with Crippen LogP contribution >= 0.6 is 11.3 Å². The number of aromatic nitrogens is 3. The second-order valence-electron chi connectivity index (χ2n) is 8.16. The average molecular weight is 390 g/mol. The zero-order valence-electron chi connectivity index (χ0n) is 16.3. The van der Waals surface area contributed by atoms with Crippen LogP contribution in [0.5, 0.6) is 0 Å². The molecule has 0 atom stereocenters. The predicted molar refractivity (Wildman–Crippen MR) is 111 cm³/mol. The first-order valence-corrected chi connectivity index (χ1v) is 11.4. The van der Waals surface area contributed by atoms with E-state index in [4.69, 9.17) is 0 Å². The van der Waals surface area contributed by atoms with Gasteiger partial charge in [-0.1, -0.05) is 43.9 Å². The topological polar surface area (TPSA) is 62.5 Å². The Morgan fingerprint density at radius 3 is 2.70 bits per heavy atom. The summed E-state index contributed by atoms with van der Waals surface area (Å²) in [5.41, 5.74) is 0.795.